The lowest BCUT2D eigenvalue weighted by Crippen LogP contribution is -2.07. The summed E-state index contributed by atoms with van der Waals surface area (Å²) in [6, 6.07) is 2.55. The molecular formula is C10H8N2O5. The number of anilines is 1. The average molecular weight is 236 g/mol. The number of benzene rings is 1. The van der Waals surface area contributed by atoms with Gasteiger partial charge in [0.15, 0.2) is 5.76 Å². The van der Waals surface area contributed by atoms with Crippen LogP contribution >= 0.6 is 0 Å². The second kappa shape index (κ2) is 3.71. The number of aromatic nitrogens is 1. The highest BCUT2D eigenvalue weighted by molar-refractivity contribution is 5.73. The van der Waals surface area contributed by atoms with E-state index in [9.17, 15) is 15.0 Å². The zero-order valence-electron chi connectivity index (χ0n) is 8.41. The van der Waals surface area contributed by atoms with E-state index in [0.29, 0.717) is 0 Å². The number of nitrogens with two attached hydrogens (primary N) is 1. The summed E-state index contributed by atoms with van der Waals surface area (Å²) in [5.74, 6) is -1.36. The van der Waals surface area contributed by atoms with Gasteiger partial charge in [-0.1, -0.05) is 0 Å². The second-order valence-electron chi connectivity index (χ2n) is 3.26. The van der Waals surface area contributed by atoms with Crippen molar-refractivity contribution in [3.05, 3.63) is 28.6 Å². The van der Waals surface area contributed by atoms with Crippen molar-refractivity contribution in [3.8, 4) is 28.6 Å². The lowest BCUT2D eigenvalue weighted by atomic mass is 10.1. The van der Waals surface area contributed by atoms with Crippen molar-refractivity contribution < 1.29 is 19.7 Å². The molecule has 1 heterocycles. The Kier molecular flexibility index (Phi) is 2.36. The molecule has 0 fully saturated rings. The summed E-state index contributed by atoms with van der Waals surface area (Å²) >= 11 is 0. The summed E-state index contributed by atoms with van der Waals surface area (Å²) in [4.78, 5) is 14.4. The number of aromatic hydroxyl groups is 3. The molecule has 1 aromatic heterocycles. The molecule has 0 aliphatic heterocycles. The van der Waals surface area contributed by atoms with Gasteiger partial charge in [0.05, 0.1) is 0 Å². The maximum absolute atomic E-state index is 11.1. The van der Waals surface area contributed by atoms with Gasteiger partial charge in [-0.05, 0) is 0 Å². The van der Waals surface area contributed by atoms with E-state index < -0.39 is 17.1 Å². The molecule has 0 unspecified atom stereocenters. The van der Waals surface area contributed by atoms with Crippen LogP contribution < -0.4 is 11.3 Å². The van der Waals surface area contributed by atoms with Crippen molar-refractivity contribution in [1.29, 1.82) is 0 Å². The normalized spacial score (nSPS) is 10.4. The molecule has 17 heavy (non-hydrogen) atoms. The first kappa shape index (κ1) is 10.8. The van der Waals surface area contributed by atoms with Crippen LogP contribution in [-0.4, -0.2) is 20.3 Å². The molecule has 0 bridgehead atoms. The quantitative estimate of drug-likeness (QED) is 0.563. The van der Waals surface area contributed by atoms with Gasteiger partial charge in [0.2, 0.25) is 0 Å². The fraction of sp³-hybridized carbons (Fsp3) is 0. The zero-order valence-corrected chi connectivity index (χ0v) is 8.41. The predicted octanol–water partition coefficient (Wildman–Crippen LogP) is 0.401. The van der Waals surface area contributed by atoms with Gasteiger partial charge in [-0.15, -0.1) is 0 Å². The third-order valence-electron chi connectivity index (χ3n) is 2.02. The molecule has 0 spiro atoms. The van der Waals surface area contributed by atoms with E-state index >= 15 is 0 Å². The van der Waals surface area contributed by atoms with Crippen molar-refractivity contribution in [2.24, 2.45) is 0 Å². The Bertz CT molecular complexity index is 612. The molecule has 0 atom stereocenters. The maximum Gasteiger partial charge on any atom is 0.295 e. The first-order valence-electron chi connectivity index (χ1n) is 4.50. The Morgan fingerprint density at radius 3 is 2.24 bits per heavy atom. The minimum atomic E-state index is -0.671. The Morgan fingerprint density at radius 1 is 1.12 bits per heavy atom. The number of rotatable bonds is 1. The Morgan fingerprint density at radius 2 is 1.71 bits per heavy atom. The number of nitrogen functional groups attached to an aromatic ring is 1. The first-order valence-corrected chi connectivity index (χ1v) is 4.50. The Hall–Kier alpha value is -2.70. The van der Waals surface area contributed by atoms with E-state index in [-0.39, 0.29) is 23.1 Å². The van der Waals surface area contributed by atoms with Crippen LogP contribution in [0.4, 0.5) is 6.01 Å². The van der Waals surface area contributed by atoms with Crippen LogP contribution in [0.25, 0.3) is 11.3 Å². The van der Waals surface area contributed by atoms with Crippen LogP contribution in [0.1, 0.15) is 0 Å². The highest BCUT2D eigenvalue weighted by atomic mass is 16.4. The van der Waals surface area contributed by atoms with Crippen molar-refractivity contribution in [2.45, 2.75) is 0 Å². The molecule has 7 heteroatoms. The highest BCUT2D eigenvalue weighted by Gasteiger charge is 2.15. The van der Waals surface area contributed by atoms with Crippen molar-refractivity contribution in [2.75, 3.05) is 5.73 Å². The lowest BCUT2D eigenvalue weighted by molar-refractivity contribution is 0.427. The molecule has 2 aromatic rings. The zero-order chi connectivity index (χ0) is 12.6. The highest BCUT2D eigenvalue weighted by Crippen LogP contribution is 2.39. The average Bonchev–Trinajstić information content (AvgIpc) is 2.13. The second-order valence-corrected chi connectivity index (χ2v) is 3.26. The smallest absolute Gasteiger partial charge is 0.295 e. The summed E-state index contributed by atoms with van der Waals surface area (Å²) in [5.41, 5.74) is 4.42. The number of hydrogen-bond acceptors (Lipinski definition) is 7. The summed E-state index contributed by atoms with van der Waals surface area (Å²) in [7, 11) is 0. The van der Waals surface area contributed by atoms with Gasteiger partial charge in [0, 0.05) is 18.2 Å². The van der Waals surface area contributed by atoms with E-state index in [1.54, 1.807) is 0 Å². The molecule has 0 aliphatic carbocycles. The van der Waals surface area contributed by atoms with Gasteiger partial charge in [-0.25, -0.2) is 0 Å². The summed E-state index contributed by atoms with van der Waals surface area (Å²) in [6.45, 7) is 0. The van der Waals surface area contributed by atoms with Gasteiger partial charge in [-0.2, -0.15) is 4.98 Å². The molecule has 0 amide bonds. The van der Waals surface area contributed by atoms with Gasteiger partial charge < -0.3 is 25.5 Å². The van der Waals surface area contributed by atoms with E-state index in [4.69, 9.17) is 15.3 Å². The van der Waals surface area contributed by atoms with E-state index in [0.717, 1.165) is 18.2 Å². The Balaban J connectivity index is 2.72. The molecule has 1 aromatic carbocycles. The number of hydrogen-bond donors (Lipinski definition) is 4. The monoisotopic (exact) mass is 236 g/mol. The van der Waals surface area contributed by atoms with Crippen LogP contribution in [0.3, 0.4) is 0 Å². The minimum absolute atomic E-state index is 0.141. The molecule has 5 N–H and O–H groups in total. The molecule has 7 nitrogen and oxygen atoms in total. The van der Waals surface area contributed by atoms with Crippen LogP contribution in [-0.2, 0) is 0 Å². The number of phenolic OH excluding ortho intramolecular Hbond substituents is 3. The molecule has 0 saturated heterocycles. The topological polar surface area (TPSA) is 130 Å². The van der Waals surface area contributed by atoms with E-state index in [2.05, 4.69) is 4.98 Å². The van der Waals surface area contributed by atoms with E-state index in [1.165, 1.54) is 0 Å². The van der Waals surface area contributed by atoms with Gasteiger partial charge in [0.1, 0.15) is 22.8 Å². The molecule has 0 saturated carbocycles. The summed E-state index contributed by atoms with van der Waals surface area (Å²) < 4.78 is 4.91. The van der Waals surface area contributed by atoms with Gasteiger partial charge in [-0.3, -0.25) is 4.79 Å². The van der Waals surface area contributed by atoms with Crippen molar-refractivity contribution in [1.82, 2.24) is 4.98 Å². The Labute approximate surface area is 94.4 Å². The first-order chi connectivity index (χ1) is 7.97. The largest absolute Gasteiger partial charge is 0.508 e. The van der Waals surface area contributed by atoms with Crippen molar-refractivity contribution >= 4 is 6.01 Å². The fourth-order valence-electron chi connectivity index (χ4n) is 1.39. The third-order valence-corrected chi connectivity index (χ3v) is 2.02. The number of phenols is 3. The summed E-state index contributed by atoms with van der Waals surface area (Å²) in [6.07, 6.45) is 0. The molecule has 2 rings (SSSR count). The van der Waals surface area contributed by atoms with Gasteiger partial charge in [0.25, 0.3) is 11.6 Å². The SMILES string of the molecule is Nc1nc(=O)cc(-c2c(O)cc(O)cc2O)o1. The van der Waals surface area contributed by atoms with Crippen LogP contribution in [0.2, 0.25) is 0 Å². The van der Waals surface area contributed by atoms with Crippen LogP contribution in [0, 0.1) is 0 Å². The summed E-state index contributed by atoms with van der Waals surface area (Å²) in [5, 5.41) is 28.3. The molecular weight excluding hydrogens is 228 g/mol. The lowest BCUT2D eigenvalue weighted by Gasteiger charge is -2.06. The molecule has 0 radical (unpaired) electrons. The van der Waals surface area contributed by atoms with E-state index in [1.807, 2.05) is 0 Å². The van der Waals surface area contributed by atoms with Crippen LogP contribution in [0.15, 0.2) is 27.4 Å². The molecule has 88 valence electrons. The molecule has 0 aliphatic rings. The van der Waals surface area contributed by atoms with Crippen LogP contribution in [0.5, 0.6) is 17.2 Å². The standard InChI is InChI=1S/C10H8N2O5/c11-10-12-8(16)3-7(17-10)9-5(14)1-4(13)2-6(9)15/h1-3,13-15H,(H2,11,12,16). The number of nitrogens with zero attached hydrogens (tertiary/aromatic N) is 1. The van der Waals surface area contributed by atoms with Gasteiger partial charge >= 0.3 is 0 Å². The minimum Gasteiger partial charge on any atom is -0.508 e. The predicted molar refractivity (Wildman–Crippen MR) is 57.6 cm³/mol. The maximum atomic E-state index is 11.1. The third kappa shape index (κ3) is 1.98. The van der Waals surface area contributed by atoms with Crippen molar-refractivity contribution in [3.63, 3.8) is 0 Å². The fourth-order valence-corrected chi connectivity index (χ4v) is 1.39.